The van der Waals surface area contributed by atoms with Crippen molar-refractivity contribution in [2.75, 3.05) is 5.73 Å². The van der Waals surface area contributed by atoms with Crippen molar-refractivity contribution in [3.63, 3.8) is 0 Å². The highest BCUT2D eigenvalue weighted by Crippen LogP contribution is 2.31. The highest BCUT2D eigenvalue weighted by atomic mass is 35.5. The van der Waals surface area contributed by atoms with Crippen molar-refractivity contribution in [3.05, 3.63) is 34.5 Å². The Balaban J connectivity index is 2.41. The molecule has 5 nitrogen and oxygen atoms in total. The van der Waals surface area contributed by atoms with Crippen molar-refractivity contribution in [2.45, 2.75) is 13.3 Å². The summed E-state index contributed by atoms with van der Waals surface area (Å²) in [6.45, 7) is 1.93. The summed E-state index contributed by atoms with van der Waals surface area (Å²) in [5.41, 5.74) is 7.69. The molecule has 2 aromatic heterocycles. The number of imidazole rings is 1. The van der Waals surface area contributed by atoms with Crippen LogP contribution in [0.25, 0.3) is 16.9 Å². The molecule has 1 aromatic carbocycles. The number of hydrogen-bond acceptors (Lipinski definition) is 3. The van der Waals surface area contributed by atoms with Gasteiger partial charge in [-0.15, -0.1) is 0 Å². The number of fused-ring (bicyclic) bond motifs is 1. The van der Waals surface area contributed by atoms with Gasteiger partial charge < -0.3 is 5.73 Å². The monoisotopic (exact) mass is 311 g/mol. The topological polar surface area (TPSA) is 61.7 Å². The number of hydrogen-bond donors (Lipinski definition) is 1. The molecule has 8 heteroatoms. The molecule has 0 fully saturated rings. The Kier molecular flexibility index (Phi) is 3.09. The van der Waals surface area contributed by atoms with Crippen molar-refractivity contribution in [2.24, 2.45) is 7.05 Å². The van der Waals surface area contributed by atoms with Gasteiger partial charge in [-0.3, -0.25) is 4.57 Å². The lowest BCUT2D eigenvalue weighted by molar-refractivity contribution is 0.578. The molecular formula is C13H12ClF2N5. The Morgan fingerprint density at radius 3 is 2.67 bits per heavy atom. The van der Waals surface area contributed by atoms with Crippen molar-refractivity contribution < 1.29 is 8.78 Å². The maximum atomic E-state index is 14.1. The first-order valence-electron chi connectivity index (χ1n) is 6.28. The van der Waals surface area contributed by atoms with Gasteiger partial charge in [0.05, 0.1) is 10.7 Å². The fourth-order valence-electron chi connectivity index (χ4n) is 2.40. The molecule has 0 unspecified atom stereocenters. The summed E-state index contributed by atoms with van der Waals surface area (Å²) in [4.78, 5) is 4.22. The number of benzene rings is 1. The number of nitrogens with two attached hydrogens (primary N) is 1. The minimum absolute atomic E-state index is 0.0382. The van der Waals surface area contributed by atoms with E-state index in [1.807, 2.05) is 6.92 Å². The zero-order chi connectivity index (χ0) is 15.3. The number of anilines is 1. The van der Waals surface area contributed by atoms with Crippen LogP contribution in [0, 0.1) is 11.6 Å². The van der Waals surface area contributed by atoms with E-state index in [2.05, 4.69) is 10.1 Å². The zero-order valence-corrected chi connectivity index (χ0v) is 12.1. The number of rotatable bonds is 2. The number of aromatic nitrogens is 4. The molecule has 0 bridgehead atoms. The van der Waals surface area contributed by atoms with Gasteiger partial charge in [0.25, 0.3) is 0 Å². The van der Waals surface area contributed by atoms with Gasteiger partial charge >= 0.3 is 0 Å². The molecule has 0 spiro atoms. The zero-order valence-electron chi connectivity index (χ0n) is 11.4. The average Bonchev–Trinajstić information content (AvgIpc) is 2.87. The van der Waals surface area contributed by atoms with Crippen LogP contribution in [0.1, 0.15) is 12.6 Å². The van der Waals surface area contributed by atoms with E-state index in [1.54, 1.807) is 11.7 Å². The first kappa shape index (κ1) is 13.8. The molecule has 0 saturated heterocycles. The van der Waals surface area contributed by atoms with E-state index in [4.69, 9.17) is 17.3 Å². The number of nitrogens with zero attached hydrogens (tertiary/aromatic N) is 4. The van der Waals surface area contributed by atoms with E-state index >= 15 is 0 Å². The second-order valence-electron chi connectivity index (χ2n) is 4.62. The largest absolute Gasteiger partial charge is 0.369 e. The molecule has 110 valence electrons. The third-order valence-corrected chi connectivity index (χ3v) is 3.56. The van der Waals surface area contributed by atoms with Gasteiger partial charge in [0.2, 0.25) is 5.95 Å². The van der Waals surface area contributed by atoms with Crippen molar-refractivity contribution in [1.82, 2.24) is 19.3 Å². The van der Waals surface area contributed by atoms with Crippen molar-refractivity contribution in [1.29, 1.82) is 0 Å². The summed E-state index contributed by atoms with van der Waals surface area (Å²) in [5, 5.41) is 4.23. The van der Waals surface area contributed by atoms with E-state index in [-0.39, 0.29) is 16.7 Å². The molecule has 0 amide bonds. The first-order valence-corrected chi connectivity index (χ1v) is 6.66. The SMILES string of the molecule is CCc1nn(C)c2c1nc(N)n2-c1c(F)cc(F)cc1Cl. The van der Waals surface area contributed by atoms with Crippen LogP contribution < -0.4 is 5.73 Å². The lowest BCUT2D eigenvalue weighted by Gasteiger charge is -2.10. The fraction of sp³-hybridized carbons (Fsp3) is 0.231. The lowest BCUT2D eigenvalue weighted by atomic mass is 10.3. The second kappa shape index (κ2) is 4.70. The van der Waals surface area contributed by atoms with E-state index in [1.165, 1.54) is 4.57 Å². The molecule has 3 rings (SSSR count). The number of halogens is 3. The molecule has 2 N–H and O–H groups in total. The Morgan fingerprint density at radius 2 is 2.05 bits per heavy atom. The molecule has 21 heavy (non-hydrogen) atoms. The average molecular weight is 312 g/mol. The molecule has 2 heterocycles. The Hall–Kier alpha value is -2.15. The van der Waals surface area contributed by atoms with Crippen LogP contribution in [0.4, 0.5) is 14.7 Å². The van der Waals surface area contributed by atoms with Gasteiger partial charge in [-0.2, -0.15) is 5.10 Å². The summed E-state index contributed by atoms with van der Waals surface area (Å²) in [6.07, 6.45) is 0.660. The Labute approximate surface area is 123 Å². The molecule has 0 atom stereocenters. The third kappa shape index (κ3) is 1.96. The molecular weight excluding hydrogens is 300 g/mol. The van der Waals surface area contributed by atoms with E-state index in [9.17, 15) is 8.78 Å². The van der Waals surface area contributed by atoms with E-state index < -0.39 is 11.6 Å². The van der Waals surface area contributed by atoms with Gasteiger partial charge in [0.15, 0.2) is 11.5 Å². The Bertz CT molecular complexity index is 829. The van der Waals surface area contributed by atoms with E-state index in [0.29, 0.717) is 17.6 Å². The molecule has 3 aromatic rings. The van der Waals surface area contributed by atoms with Crippen LogP contribution >= 0.6 is 11.6 Å². The smallest absolute Gasteiger partial charge is 0.207 e. The molecule has 0 aliphatic rings. The highest BCUT2D eigenvalue weighted by Gasteiger charge is 2.22. The van der Waals surface area contributed by atoms with Crippen LogP contribution in [0.2, 0.25) is 5.02 Å². The summed E-state index contributed by atoms with van der Waals surface area (Å²) in [5.74, 6) is -1.50. The second-order valence-corrected chi connectivity index (χ2v) is 5.03. The summed E-state index contributed by atoms with van der Waals surface area (Å²) < 4.78 is 30.2. The van der Waals surface area contributed by atoms with Gasteiger partial charge in [0.1, 0.15) is 17.0 Å². The molecule has 0 aliphatic carbocycles. The van der Waals surface area contributed by atoms with Gasteiger partial charge in [-0.05, 0) is 12.5 Å². The van der Waals surface area contributed by atoms with Crippen molar-refractivity contribution >= 4 is 28.7 Å². The summed E-state index contributed by atoms with van der Waals surface area (Å²) in [7, 11) is 1.70. The van der Waals surface area contributed by atoms with Crippen LogP contribution in [-0.4, -0.2) is 19.3 Å². The maximum absolute atomic E-state index is 14.1. The van der Waals surface area contributed by atoms with Gasteiger partial charge in [0, 0.05) is 13.1 Å². The minimum atomic E-state index is -0.815. The van der Waals surface area contributed by atoms with Crippen LogP contribution in [0.5, 0.6) is 0 Å². The molecule has 0 aliphatic heterocycles. The third-order valence-electron chi connectivity index (χ3n) is 3.27. The van der Waals surface area contributed by atoms with Crippen LogP contribution in [-0.2, 0) is 13.5 Å². The fourth-order valence-corrected chi connectivity index (χ4v) is 2.68. The molecule has 0 radical (unpaired) electrons. The first-order chi connectivity index (χ1) is 9.93. The predicted octanol–water partition coefficient (Wildman–Crippen LogP) is 2.84. The summed E-state index contributed by atoms with van der Waals surface area (Å²) in [6, 6.07) is 1.78. The molecule has 0 saturated carbocycles. The summed E-state index contributed by atoms with van der Waals surface area (Å²) >= 11 is 5.98. The maximum Gasteiger partial charge on any atom is 0.207 e. The van der Waals surface area contributed by atoms with Gasteiger partial charge in [-0.25, -0.2) is 18.4 Å². The van der Waals surface area contributed by atoms with Crippen LogP contribution in [0.15, 0.2) is 12.1 Å². The van der Waals surface area contributed by atoms with E-state index in [0.717, 1.165) is 17.8 Å². The number of aryl methyl sites for hydroxylation is 2. The quantitative estimate of drug-likeness (QED) is 0.791. The van der Waals surface area contributed by atoms with Crippen molar-refractivity contribution in [3.8, 4) is 5.69 Å². The highest BCUT2D eigenvalue weighted by molar-refractivity contribution is 6.32. The standard InChI is InChI=1S/C13H12ClF2N5/c1-3-9-10-12(20(2)19-9)21(13(17)18-10)11-7(14)4-6(15)5-8(11)16/h4-5H,3H2,1-2H3,(H2,17,18). The minimum Gasteiger partial charge on any atom is -0.369 e. The van der Waals surface area contributed by atoms with Gasteiger partial charge in [-0.1, -0.05) is 18.5 Å². The lowest BCUT2D eigenvalue weighted by Crippen LogP contribution is -2.07. The Morgan fingerprint density at radius 1 is 1.33 bits per heavy atom. The predicted molar refractivity (Wildman–Crippen MR) is 76.6 cm³/mol. The normalized spacial score (nSPS) is 11.5. The van der Waals surface area contributed by atoms with Crippen LogP contribution in [0.3, 0.4) is 0 Å². The number of nitrogen functional groups attached to an aromatic ring is 1.